The number of carbonyl (C=O) groups excluding carboxylic acids is 1. The van der Waals surface area contributed by atoms with Crippen LogP contribution in [-0.4, -0.2) is 56.3 Å². The number of esters is 1. The Morgan fingerprint density at radius 1 is 1.39 bits per heavy atom. The Morgan fingerprint density at radius 3 is 2.90 bits per heavy atom. The molecule has 2 unspecified atom stereocenters. The number of hydrogen-bond acceptors (Lipinski definition) is 8. The first-order valence-electron chi connectivity index (χ1n) is 9.96. The van der Waals surface area contributed by atoms with Crippen LogP contribution in [0.1, 0.15) is 25.8 Å². The van der Waals surface area contributed by atoms with Crippen molar-refractivity contribution in [2.75, 3.05) is 26.9 Å². The van der Waals surface area contributed by atoms with Gasteiger partial charge in [0.25, 0.3) is 0 Å². The average molecular weight is 477 g/mol. The van der Waals surface area contributed by atoms with Crippen molar-refractivity contribution in [1.29, 1.82) is 0 Å². The van der Waals surface area contributed by atoms with Crippen molar-refractivity contribution in [1.82, 2.24) is 0 Å². The maximum Gasteiger partial charge on any atom is 0.337 e. The Kier molecular flexibility index (Phi) is 8.60. The molecule has 0 aromatic heterocycles. The number of methoxy groups -OCH3 is 1. The summed E-state index contributed by atoms with van der Waals surface area (Å²) in [5.41, 5.74) is 0.315. The topological polar surface area (TPSA) is 72.5 Å². The molecule has 172 valence electrons. The van der Waals surface area contributed by atoms with Gasteiger partial charge in [-0.1, -0.05) is 6.07 Å². The maximum atomic E-state index is 13.4. The normalized spacial score (nSPS) is 28.3. The second-order valence-electron chi connectivity index (χ2n) is 7.16. The molecule has 0 aliphatic carbocycles. The van der Waals surface area contributed by atoms with Crippen LogP contribution >= 0.6 is 23.6 Å². The van der Waals surface area contributed by atoms with Gasteiger partial charge in [0.2, 0.25) is 0 Å². The lowest BCUT2D eigenvalue weighted by molar-refractivity contribution is -0.150. The van der Waals surface area contributed by atoms with Gasteiger partial charge in [0, 0.05) is 30.9 Å². The van der Waals surface area contributed by atoms with Gasteiger partial charge < -0.3 is 28.0 Å². The third kappa shape index (κ3) is 5.91. The molecular weight excluding hydrogens is 451 g/mol. The van der Waals surface area contributed by atoms with E-state index in [0.29, 0.717) is 36.5 Å². The molecule has 0 amide bonds. The van der Waals surface area contributed by atoms with E-state index < -0.39 is 23.0 Å². The Balaban J connectivity index is 1.83. The molecule has 1 aromatic rings. The molecule has 2 heterocycles. The third-order valence-electron chi connectivity index (χ3n) is 4.95. The summed E-state index contributed by atoms with van der Waals surface area (Å²) in [4.78, 5) is 12.8. The fourth-order valence-corrected chi connectivity index (χ4v) is 4.71. The average Bonchev–Trinajstić information content (AvgIpc) is 2.93. The number of carbonyl (C=O) groups is 1. The highest BCUT2D eigenvalue weighted by Gasteiger charge is 2.47. The second kappa shape index (κ2) is 11.0. The fourth-order valence-electron chi connectivity index (χ4n) is 3.46. The predicted octanol–water partition coefficient (Wildman–Crippen LogP) is 3.97. The first-order chi connectivity index (χ1) is 14.9. The SMILES string of the molecule is CCOC(=O)C1=CC2(CCOC1SCc1ccc(F)cc1OCl)O[C@H](C)[C@@H](COC)O2. The van der Waals surface area contributed by atoms with Crippen LogP contribution in [0.15, 0.2) is 29.8 Å². The largest absolute Gasteiger partial charge is 0.463 e. The lowest BCUT2D eigenvalue weighted by Crippen LogP contribution is -2.31. The van der Waals surface area contributed by atoms with E-state index in [1.165, 1.54) is 23.9 Å². The van der Waals surface area contributed by atoms with Gasteiger partial charge in [-0.25, -0.2) is 9.18 Å². The Bertz CT molecular complexity index is 808. The van der Waals surface area contributed by atoms with E-state index in [9.17, 15) is 9.18 Å². The van der Waals surface area contributed by atoms with Gasteiger partial charge in [-0.2, -0.15) is 0 Å². The predicted molar refractivity (Wildman–Crippen MR) is 113 cm³/mol. The summed E-state index contributed by atoms with van der Waals surface area (Å²) in [5, 5.41) is 0. The number of ether oxygens (including phenoxy) is 5. The first-order valence-corrected chi connectivity index (χ1v) is 11.3. The monoisotopic (exact) mass is 476 g/mol. The van der Waals surface area contributed by atoms with Crippen molar-refractivity contribution >= 4 is 29.6 Å². The zero-order chi connectivity index (χ0) is 22.4. The molecule has 31 heavy (non-hydrogen) atoms. The van der Waals surface area contributed by atoms with Crippen molar-refractivity contribution in [3.8, 4) is 5.75 Å². The molecule has 1 saturated heterocycles. The van der Waals surface area contributed by atoms with Crippen molar-refractivity contribution in [3.63, 3.8) is 0 Å². The molecule has 0 N–H and O–H groups in total. The van der Waals surface area contributed by atoms with Crippen LogP contribution < -0.4 is 4.29 Å². The van der Waals surface area contributed by atoms with Gasteiger partial charge in [0.15, 0.2) is 11.5 Å². The Morgan fingerprint density at radius 2 is 2.19 bits per heavy atom. The summed E-state index contributed by atoms with van der Waals surface area (Å²) in [5.74, 6) is -1.50. The van der Waals surface area contributed by atoms with Crippen molar-refractivity contribution in [2.45, 2.75) is 49.5 Å². The summed E-state index contributed by atoms with van der Waals surface area (Å²) in [6, 6.07) is 4.09. The summed E-state index contributed by atoms with van der Waals surface area (Å²) in [6.45, 7) is 4.52. The highest BCUT2D eigenvalue weighted by molar-refractivity contribution is 7.99. The number of thioether (sulfide) groups is 1. The smallest absolute Gasteiger partial charge is 0.337 e. The van der Waals surface area contributed by atoms with E-state index in [-0.39, 0.29) is 24.6 Å². The molecule has 0 radical (unpaired) electrons. The maximum absolute atomic E-state index is 13.4. The summed E-state index contributed by atoms with van der Waals surface area (Å²) >= 11 is 6.80. The lowest BCUT2D eigenvalue weighted by atomic mass is 10.1. The third-order valence-corrected chi connectivity index (χ3v) is 6.29. The number of hydrogen-bond donors (Lipinski definition) is 0. The zero-order valence-corrected chi connectivity index (χ0v) is 19.2. The van der Waals surface area contributed by atoms with Crippen LogP contribution in [0.4, 0.5) is 4.39 Å². The van der Waals surface area contributed by atoms with Crippen molar-refractivity contribution < 1.29 is 37.2 Å². The molecule has 1 spiro atoms. The number of benzene rings is 1. The van der Waals surface area contributed by atoms with Crippen LogP contribution in [-0.2, 0) is 34.2 Å². The van der Waals surface area contributed by atoms with Gasteiger partial charge in [-0.15, -0.1) is 11.8 Å². The molecule has 1 aromatic carbocycles. The standard InChI is InChI=1S/C21H26ClFO7S/c1-4-26-19(24)16-10-21(28-13(2)18(29-21)11-25-3)7-8-27-20(16)31-12-14-5-6-15(23)9-17(14)30-22/h5-6,9-10,13,18,20H,4,7-8,11-12H2,1-3H3/t13-,18-,20?,21?/m1/s1. The van der Waals surface area contributed by atoms with Gasteiger partial charge >= 0.3 is 5.97 Å². The summed E-state index contributed by atoms with van der Waals surface area (Å²) < 4.78 is 46.9. The van der Waals surface area contributed by atoms with Crippen LogP contribution in [0.3, 0.4) is 0 Å². The van der Waals surface area contributed by atoms with Crippen molar-refractivity contribution in [2.24, 2.45) is 0 Å². The fraction of sp³-hybridized carbons (Fsp3) is 0.571. The molecule has 1 fully saturated rings. The van der Waals surface area contributed by atoms with E-state index in [2.05, 4.69) is 0 Å². The van der Waals surface area contributed by atoms with E-state index in [0.717, 1.165) is 0 Å². The molecular formula is C21H26ClFO7S. The lowest BCUT2D eigenvalue weighted by Gasteiger charge is -2.23. The van der Waals surface area contributed by atoms with Gasteiger partial charge in [-0.05, 0) is 26.0 Å². The van der Waals surface area contributed by atoms with E-state index in [1.54, 1.807) is 26.2 Å². The molecule has 10 heteroatoms. The molecule has 0 saturated carbocycles. The number of halogens is 2. The van der Waals surface area contributed by atoms with Gasteiger partial charge in [0.05, 0.1) is 31.5 Å². The molecule has 0 bridgehead atoms. The Labute approximate surface area is 190 Å². The minimum Gasteiger partial charge on any atom is -0.463 e. The van der Waals surface area contributed by atoms with E-state index in [4.69, 9.17) is 39.8 Å². The molecule has 2 aliphatic rings. The number of rotatable bonds is 8. The highest BCUT2D eigenvalue weighted by Crippen LogP contribution is 2.39. The minimum absolute atomic E-state index is 0.208. The van der Waals surface area contributed by atoms with Gasteiger partial charge in [0.1, 0.15) is 29.2 Å². The molecule has 7 nitrogen and oxygen atoms in total. The van der Waals surface area contributed by atoms with E-state index >= 15 is 0 Å². The van der Waals surface area contributed by atoms with Crippen LogP contribution in [0.2, 0.25) is 0 Å². The zero-order valence-electron chi connectivity index (χ0n) is 17.6. The highest BCUT2D eigenvalue weighted by atomic mass is 35.5. The summed E-state index contributed by atoms with van der Waals surface area (Å²) in [7, 11) is 1.60. The molecule has 3 rings (SSSR count). The van der Waals surface area contributed by atoms with Gasteiger partial charge in [-0.3, -0.25) is 0 Å². The van der Waals surface area contributed by atoms with Crippen LogP contribution in [0.25, 0.3) is 0 Å². The second-order valence-corrected chi connectivity index (χ2v) is 8.36. The van der Waals surface area contributed by atoms with E-state index in [1.807, 2.05) is 6.92 Å². The van der Waals surface area contributed by atoms with Crippen LogP contribution in [0, 0.1) is 5.82 Å². The minimum atomic E-state index is -1.10. The Hall–Kier alpha value is -1.36. The quantitative estimate of drug-likeness (QED) is 0.522. The molecule has 4 atom stereocenters. The van der Waals surface area contributed by atoms with Crippen LogP contribution in [0.5, 0.6) is 5.75 Å². The first kappa shape index (κ1) is 24.3. The molecule has 2 aliphatic heterocycles. The van der Waals surface area contributed by atoms with Crippen molar-refractivity contribution in [3.05, 3.63) is 41.2 Å². The summed E-state index contributed by atoms with van der Waals surface area (Å²) in [6.07, 6.45) is 1.58.